The fourth-order valence-electron chi connectivity index (χ4n) is 4.77. The maximum Gasteiger partial charge on any atom is 0.163 e. The van der Waals surface area contributed by atoms with E-state index in [1.807, 2.05) is 13.0 Å². The summed E-state index contributed by atoms with van der Waals surface area (Å²) in [5, 5.41) is 0. The van der Waals surface area contributed by atoms with Gasteiger partial charge < -0.3 is 0 Å². The molecule has 0 amide bonds. The average molecular weight is 371 g/mol. The molecule has 5 heteroatoms. The topological polar surface area (TPSA) is 19.4 Å². The Kier molecular flexibility index (Phi) is 5.24. The zero-order valence-corrected chi connectivity index (χ0v) is 15.9. The van der Waals surface area contributed by atoms with Gasteiger partial charge in [-0.15, -0.1) is 0 Å². The number of aromatic nitrogens is 1. The molecule has 1 atom stereocenters. The highest BCUT2D eigenvalue weighted by Gasteiger charge is 2.41. The van der Waals surface area contributed by atoms with Gasteiger partial charge in [-0.05, 0) is 62.9 Å². The molecule has 1 aromatic carbocycles. The van der Waals surface area contributed by atoms with Crippen LogP contribution in [-0.4, -0.2) is 41.0 Å². The first-order valence-electron chi connectivity index (χ1n) is 9.83. The van der Waals surface area contributed by atoms with Crippen molar-refractivity contribution >= 4 is 0 Å². The molecule has 2 saturated heterocycles. The summed E-state index contributed by atoms with van der Waals surface area (Å²) in [6, 6.07) is 10.7. The molecule has 0 aliphatic carbocycles. The largest absolute Gasteiger partial charge is 0.298 e. The molecule has 144 valence electrons. The maximum atomic E-state index is 14.0. The second-order valence-electron chi connectivity index (χ2n) is 8.26. The molecule has 1 spiro atoms. The molecule has 0 unspecified atom stereocenters. The Morgan fingerprint density at radius 2 is 1.74 bits per heavy atom. The minimum Gasteiger partial charge on any atom is -0.298 e. The fourth-order valence-corrected chi connectivity index (χ4v) is 4.77. The van der Waals surface area contributed by atoms with Gasteiger partial charge in [-0.25, -0.2) is 8.78 Å². The van der Waals surface area contributed by atoms with E-state index in [4.69, 9.17) is 0 Å². The molecule has 3 heterocycles. The van der Waals surface area contributed by atoms with Gasteiger partial charge in [0.15, 0.2) is 11.6 Å². The molecule has 0 bridgehead atoms. The van der Waals surface area contributed by atoms with Crippen LogP contribution >= 0.6 is 0 Å². The molecule has 2 aliphatic heterocycles. The van der Waals surface area contributed by atoms with Gasteiger partial charge in [0.2, 0.25) is 0 Å². The first-order valence-corrected chi connectivity index (χ1v) is 9.83. The Labute approximate surface area is 160 Å². The number of hydrogen-bond donors (Lipinski definition) is 0. The predicted molar refractivity (Wildman–Crippen MR) is 102 cm³/mol. The lowest BCUT2D eigenvalue weighted by atomic mass is 9.79. The number of benzene rings is 1. The first-order chi connectivity index (χ1) is 13.0. The van der Waals surface area contributed by atoms with Gasteiger partial charge in [0.25, 0.3) is 0 Å². The molecule has 27 heavy (non-hydrogen) atoms. The van der Waals surface area contributed by atoms with Gasteiger partial charge in [-0.2, -0.15) is 0 Å². The van der Waals surface area contributed by atoms with E-state index in [2.05, 4.69) is 26.9 Å². The Balaban J connectivity index is 1.40. The summed E-state index contributed by atoms with van der Waals surface area (Å²) >= 11 is 0. The number of rotatable bonds is 4. The van der Waals surface area contributed by atoms with E-state index in [0.717, 1.165) is 50.5 Å². The van der Waals surface area contributed by atoms with Crippen LogP contribution in [0, 0.1) is 24.0 Å². The number of hydrogen-bond acceptors (Lipinski definition) is 3. The monoisotopic (exact) mass is 371 g/mol. The van der Waals surface area contributed by atoms with E-state index in [0.29, 0.717) is 12.1 Å². The third-order valence-electron chi connectivity index (χ3n) is 6.01. The Bertz CT molecular complexity index is 810. The number of halogens is 2. The molecular weight excluding hydrogens is 344 g/mol. The molecule has 4 rings (SSSR count). The van der Waals surface area contributed by atoms with Crippen molar-refractivity contribution in [1.82, 2.24) is 14.8 Å². The van der Waals surface area contributed by atoms with Gasteiger partial charge >= 0.3 is 0 Å². The number of aryl methyl sites for hydroxylation is 1. The quantitative estimate of drug-likeness (QED) is 0.805. The standard InChI is InChI=1S/C22H27F2N3/c1-17-5-2-7-19(25-17)14-27-12-10-22(16-27)9-4-11-26(15-22)13-18-6-3-8-20(23)21(18)24/h2-3,5-8H,4,9-16H2,1H3/t22-/m0/s1. The van der Waals surface area contributed by atoms with Crippen molar-refractivity contribution in [3.05, 3.63) is 65.0 Å². The summed E-state index contributed by atoms with van der Waals surface area (Å²) in [7, 11) is 0. The van der Waals surface area contributed by atoms with Gasteiger partial charge in [0.1, 0.15) is 0 Å². The zero-order chi connectivity index (χ0) is 18.9. The Morgan fingerprint density at radius 3 is 2.56 bits per heavy atom. The lowest BCUT2D eigenvalue weighted by Crippen LogP contribution is -2.44. The lowest BCUT2D eigenvalue weighted by Gasteiger charge is -2.40. The second kappa shape index (κ2) is 7.64. The van der Waals surface area contributed by atoms with Crippen LogP contribution in [0.25, 0.3) is 0 Å². The lowest BCUT2D eigenvalue weighted by molar-refractivity contribution is 0.0855. The highest BCUT2D eigenvalue weighted by atomic mass is 19.2. The third-order valence-corrected chi connectivity index (χ3v) is 6.01. The van der Waals surface area contributed by atoms with Gasteiger partial charge in [0, 0.05) is 37.4 Å². The molecular formula is C22H27F2N3. The predicted octanol–water partition coefficient (Wildman–Crippen LogP) is 4.16. The van der Waals surface area contributed by atoms with E-state index in [9.17, 15) is 8.78 Å². The highest BCUT2D eigenvalue weighted by molar-refractivity contribution is 5.19. The van der Waals surface area contributed by atoms with Crippen molar-refractivity contribution in [3.8, 4) is 0 Å². The van der Waals surface area contributed by atoms with E-state index in [1.165, 1.54) is 18.9 Å². The van der Waals surface area contributed by atoms with Crippen LogP contribution < -0.4 is 0 Å². The number of nitrogens with zero attached hydrogens (tertiary/aromatic N) is 3. The summed E-state index contributed by atoms with van der Waals surface area (Å²) in [4.78, 5) is 9.43. The SMILES string of the molecule is Cc1cccc(CN2CC[C@]3(CCCN(Cc4cccc(F)c4F)C3)C2)n1. The second-order valence-corrected chi connectivity index (χ2v) is 8.26. The van der Waals surface area contributed by atoms with Crippen molar-refractivity contribution in [2.24, 2.45) is 5.41 Å². The van der Waals surface area contributed by atoms with Crippen molar-refractivity contribution in [2.75, 3.05) is 26.2 Å². The molecule has 2 fully saturated rings. The van der Waals surface area contributed by atoms with Crippen molar-refractivity contribution < 1.29 is 8.78 Å². The number of likely N-dealkylation sites (tertiary alicyclic amines) is 2. The van der Waals surface area contributed by atoms with Crippen LogP contribution in [0.15, 0.2) is 36.4 Å². The molecule has 2 aliphatic rings. The van der Waals surface area contributed by atoms with Crippen LogP contribution in [0.3, 0.4) is 0 Å². The molecule has 0 N–H and O–H groups in total. The van der Waals surface area contributed by atoms with Gasteiger partial charge in [0.05, 0.1) is 5.69 Å². The summed E-state index contributed by atoms with van der Waals surface area (Å²) in [6.07, 6.45) is 3.50. The van der Waals surface area contributed by atoms with Crippen LogP contribution in [0.5, 0.6) is 0 Å². The van der Waals surface area contributed by atoms with E-state index in [-0.39, 0.29) is 5.41 Å². The van der Waals surface area contributed by atoms with E-state index in [1.54, 1.807) is 12.1 Å². The van der Waals surface area contributed by atoms with Crippen LogP contribution in [0.1, 0.15) is 36.2 Å². The van der Waals surface area contributed by atoms with E-state index < -0.39 is 11.6 Å². The van der Waals surface area contributed by atoms with Crippen molar-refractivity contribution in [3.63, 3.8) is 0 Å². The molecule has 3 nitrogen and oxygen atoms in total. The van der Waals surface area contributed by atoms with Gasteiger partial charge in [-0.3, -0.25) is 14.8 Å². The van der Waals surface area contributed by atoms with Gasteiger partial charge in [-0.1, -0.05) is 18.2 Å². The molecule has 0 radical (unpaired) electrons. The zero-order valence-electron chi connectivity index (χ0n) is 15.9. The van der Waals surface area contributed by atoms with Crippen LogP contribution in [0.2, 0.25) is 0 Å². The Morgan fingerprint density at radius 1 is 0.963 bits per heavy atom. The van der Waals surface area contributed by atoms with Crippen LogP contribution in [0.4, 0.5) is 8.78 Å². The molecule has 1 aromatic heterocycles. The number of piperidine rings is 1. The Hall–Kier alpha value is -1.85. The molecule has 2 aromatic rings. The fraction of sp³-hybridized carbons (Fsp3) is 0.500. The minimum absolute atomic E-state index is 0.270. The molecule has 0 saturated carbocycles. The summed E-state index contributed by atoms with van der Waals surface area (Å²) in [6.45, 7) is 7.46. The number of pyridine rings is 1. The summed E-state index contributed by atoms with van der Waals surface area (Å²) < 4.78 is 27.6. The average Bonchev–Trinajstić information content (AvgIpc) is 3.01. The third kappa shape index (κ3) is 4.19. The summed E-state index contributed by atoms with van der Waals surface area (Å²) in [5.74, 6) is -1.45. The maximum absolute atomic E-state index is 14.0. The van der Waals surface area contributed by atoms with E-state index >= 15 is 0 Å². The summed E-state index contributed by atoms with van der Waals surface area (Å²) in [5.41, 5.74) is 2.92. The normalized spacial score (nSPS) is 24.0. The van der Waals surface area contributed by atoms with Crippen molar-refractivity contribution in [1.29, 1.82) is 0 Å². The van der Waals surface area contributed by atoms with Crippen molar-refractivity contribution in [2.45, 2.75) is 39.3 Å². The minimum atomic E-state index is -0.753. The smallest absolute Gasteiger partial charge is 0.163 e. The highest BCUT2D eigenvalue weighted by Crippen LogP contribution is 2.39. The first kappa shape index (κ1) is 18.5. The van der Waals surface area contributed by atoms with Crippen LogP contribution in [-0.2, 0) is 13.1 Å².